The monoisotopic (exact) mass is 448 g/mol. The van der Waals surface area contributed by atoms with Crippen LogP contribution in [0, 0.1) is 0 Å². The third-order valence-electron chi connectivity index (χ3n) is 5.16. The van der Waals surface area contributed by atoms with Gasteiger partial charge in [-0.15, -0.1) is 0 Å². The molecule has 2 unspecified atom stereocenters. The van der Waals surface area contributed by atoms with Crippen molar-refractivity contribution in [3.8, 4) is 16.9 Å². The first-order valence-corrected chi connectivity index (χ1v) is 11.2. The summed E-state index contributed by atoms with van der Waals surface area (Å²) in [5.74, 6) is -1.56. The average Bonchev–Trinajstić information content (AvgIpc) is 2.82. The second kappa shape index (κ2) is 10.8. The highest BCUT2D eigenvalue weighted by molar-refractivity contribution is 7.44. The lowest BCUT2D eigenvalue weighted by Gasteiger charge is -2.54. The number of rotatable bonds is 7. The zero-order valence-corrected chi connectivity index (χ0v) is 19.1. The molecule has 1 aliphatic heterocycles. The van der Waals surface area contributed by atoms with Crippen LogP contribution in [-0.4, -0.2) is 46.7 Å². The molecule has 3 rings (SSSR count). The molecule has 31 heavy (non-hydrogen) atoms. The van der Waals surface area contributed by atoms with Crippen LogP contribution in [0.5, 0.6) is 5.75 Å². The summed E-state index contributed by atoms with van der Waals surface area (Å²) in [4.78, 5) is 12.0. The number of amides is 1. The molecule has 0 radical (unpaired) electrons. The summed E-state index contributed by atoms with van der Waals surface area (Å²) >= 11 is 0. The number of para-hydroxylation sites is 1. The van der Waals surface area contributed by atoms with E-state index in [1.807, 2.05) is 68.5 Å². The number of aliphatic hydroxyl groups is 1. The van der Waals surface area contributed by atoms with Crippen molar-refractivity contribution in [2.75, 3.05) is 13.7 Å². The maximum absolute atomic E-state index is 13.7. The van der Waals surface area contributed by atoms with Crippen molar-refractivity contribution in [1.82, 2.24) is 10.8 Å². The minimum atomic E-state index is -1.89. The normalized spacial score (nSPS) is 25.5. The van der Waals surface area contributed by atoms with Crippen molar-refractivity contribution in [1.29, 1.82) is 0 Å². The zero-order chi connectivity index (χ0) is 23.1. The lowest BCUT2D eigenvalue weighted by Crippen LogP contribution is -2.75. The first kappa shape index (κ1) is 25.0. The number of hydrogen-bond acceptors (Lipinski definition) is 5. The van der Waals surface area contributed by atoms with E-state index in [0.717, 1.165) is 22.4 Å². The molecule has 1 aliphatic rings. The van der Waals surface area contributed by atoms with Gasteiger partial charge >= 0.3 is 0 Å². The third kappa shape index (κ3) is 4.96. The number of hydroxylamine groups is 1. The van der Waals surface area contributed by atoms with E-state index in [0.29, 0.717) is 0 Å². The maximum Gasteiger partial charge on any atom is 0.270 e. The first-order valence-electron chi connectivity index (χ1n) is 10.1. The van der Waals surface area contributed by atoms with Crippen LogP contribution in [-0.2, 0) is 4.79 Å². The van der Waals surface area contributed by atoms with Crippen LogP contribution < -0.4 is 15.5 Å². The van der Waals surface area contributed by atoms with Gasteiger partial charge in [0.2, 0.25) is 0 Å². The summed E-state index contributed by atoms with van der Waals surface area (Å²) < 4.78 is 19.1. The Morgan fingerprint density at radius 3 is 2.42 bits per heavy atom. The smallest absolute Gasteiger partial charge is 0.270 e. The quantitative estimate of drug-likeness (QED) is 0.293. The number of carbonyl (C=O) groups excluding carboxylic acids is 1. The molecular weight excluding hydrogens is 418 g/mol. The maximum atomic E-state index is 13.7. The van der Waals surface area contributed by atoms with E-state index >= 15 is 0 Å². The highest BCUT2D eigenvalue weighted by atomic mass is 31.1. The molecule has 0 bridgehead atoms. The Morgan fingerprint density at radius 2 is 1.87 bits per heavy atom. The van der Waals surface area contributed by atoms with Gasteiger partial charge in [-0.1, -0.05) is 68.5 Å². The molecule has 8 heteroatoms. The molecular formula is C23H30FN2O4P. The van der Waals surface area contributed by atoms with Gasteiger partial charge in [0.15, 0.2) is 5.28 Å². The molecule has 0 spiro atoms. The molecule has 6 nitrogen and oxygen atoms in total. The number of alkyl halides is 1. The lowest BCUT2D eigenvalue weighted by molar-refractivity contribution is -0.147. The lowest BCUT2D eigenvalue weighted by atomic mass is 9.94. The van der Waals surface area contributed by atoms with E-state index < -0.39 is 31.3 Å². The third-order valence-corrected chi connectivity index (χ3v) is 7.32. The summed E-state index contributed by atoms with van der Waals surface area (Å²) in [5, 5.41) is 20.5. The minimum Gasteiger partial charge on any atom is -0.496 e. The molecule has 2 aromatic carbocycles. The van der Waals surface area contributed by atoms with Gasteiger partial charge in [0, 0.05) is 12.1 Å². The molecule has 0 saturated carbocycles. The van der Waals surface area contributed by atoms with Crippen molar-refractivity contribution >= 4 is 20.6 Å². The van der Waals surface area contributed by atoms with Crippen LogP contribution in [0.25, 0.3) is 17.2 Å². The van der Waals surface area contributed by atoms with Gasteiger partial charge < -0.3 is 9.84 Å². The number of nitrogens with one attached hydrogen (secondary N) is 2. The highest BCUT2D eigenvalue weighted by Gasteiger charge is 2.67. The Kier molecular flexibility index (Phi) is 8.71. The standard InChI is InChI=1S/C21H24FN2O4P.C2H6/c1-20(26)18(22)29-21(20,19(25)24-27)23-13-5-6-14-9-11-15(12-10-14)16-7-3-4-8-17(16)28-2;1-2/h3-12,18,23,26-27,29H,13H2,1-2H3,(H,24,25);1-2H3/b6-5+;/t18?,20-,21+;/m1./s1. The Labute approximate surface area is 184 Å². The van der Waals surface area contributed by atoms with Crippen LogP contribution in [0.15, 0.2) is 54.6 Å². The van der Waals surface area contributed by atoms with Gasteiger partial charge in [0.05, 0.1) is 7.11 Å². The van der Waals surface area contributed by atoms with E-state index in [1.54, 1.807) is 13.2 Å². The summed E-state index contributed by atoms with van der Waals surface area (Å²) in [6, 6.07) is 15.6. The summed E-state index contributed by atoms with van der Waals surface area (Å²) in [5.41, 5.74) is 2.60. The number of methoxy groups -OCH3 is 1. The fourth-order valence-electron chi connectivity index (χ4n) is 3.34. The number of ether oxygens (including phenoxy) is 1. The molecule has 4 atom stereocenters. The van der Waals surface area contributed by atoms with Crippen LogP contribution in [0.1, 0.15) is 26.3 Å². The van der Waals surface area contributed by atoms with Crippen molar-refractivity contribution in [2.45, 2.75) is 37.6 Å². The number of carbonyl (C=O) groups is 1. The number of hydrogen-bond donors (Lipinski definition) is 4. The largest absolute Gasteiger partial charge is 0.496 e. The Bertz CT molecular complexity index is 905. The topological polar surface area (TPSA) is 90.8 Å². The SMILES string of the molecule is CC.COc1ccccc1-c1ccc(/C=C/CN[C@@]2(C(=O)NO)PC(F)[C@@]2(C)O)cc1. The van der Waals surface area contributed by atoms with Crippen molar-refractivity contribution < 1.29 is 24.2 Å². The zero-order valence-electron chi connectivity index (χ0n) is 18.1. The predicted molar refractivity (Wildman–Crippen MR) is 123 cm³/mol. The van der Waals surface area contributed by atoms with E-state index in [2.05, 4.69) is 5.32 Å². The Hall–Kier alpha value is -2.31. The van der Waals surface area contributed by atoms with Gasteiger partial charge in [-0.25, -0.2) is 9.87 Å². The van der Waals surface area contributed by atoms with Gasteiger partial charge in [-0.2, -0.15) is 0 Å². The average molecular weight is 448 g/mol. The van der Waals surface area contributed by atoms with Crippen molar-refractivity contribution in [3.05, 3.63) is 60.2 Å². The van der Waals surface area contributed by atoms with E-state index in [1.165, 1.54) is 12.4 Å². The molecule has 0 aliphatic carbocycles. The van der Waals surface area contributed by atoms with Crippen LogP contribution in [0.4, 0.5) is 4.39 Å². The van der Waals surface area contributed by atoms with E-state index in [4.69, 9.17) is 9.94 Å². The minimum absolute atomic E-state index is 0.220. The van der Waals surface area contributed by atoms with Crippen molar-refractivity contribution in [3.63, 3.8) is 0 Å². The van der Waals surface area contributed by atoms with E-state index in [9.17, 15) is 14.3 Å². The molecule has 1 amide bonds. The highest BCUT2D eigenvalue weighted by Crippen LogP contribution is 2.58. The Balaban J connectivity index is 0.00000166. The van der Waals surface area contributed by atoms with Gasteiger partial charge in [0.25, 0.3) is 5.91 Å². The second-order valence-electron chi connectivity index (χ2n) is 6.95. The van der Waals surface area contributed by atoms with Crippen LogP contribution in [0.3, 0.4) is 0 Å². The van der Waals surface area contributed by atoms with Gasteiger partial charge in [-0.3, -0.25) is 15.3 Å². The molecule has 2 aromatic rings. The number of halogens is 1. The Morgan fingerprint density at radius 1 is 1.23 bits per heavy atom. The van der Waals surface area contributed by atoms with E-state index in [-0.39, 0.29) is 6.54 Å². The summed E-state index contributed by atoms with van der Waals surface area (Å²) in [7, 11) is 1.14. The fraction of sp³-hybridized carbons (Fsp3) is 0.348. The molecule has 0 aromatic heterocycles. The molecule has 1 heterocycles. The summed E-state index contributed by atoms with van der Waals surface area (Å²) in [6.07, 6.45) is 3.63. The summed E-state index contributed by atoms with van der Waals surface area (Å²) in [6.45, 7) is 5.47. The van der Waals surface area contributed by atoms with Crippen LogP contribution >= 0.6 is 8.58 Å². The van der Waals surface area contributed by atoms with Crippen molar-refractivity contribution in [2.24, 2.45) is 0 Å². The predicted octanol–water partition coefficient (Wildman–Crippen LogP) is 3.93. The molecule has 1 saturated heterocycles. The first-order chi connectivity index (χ1) is 14.9. The molecule has 1 fully saturated rings. The van der Waals surface area contributed by atoms with Gasteiger partial charge in [0.1, 0.15) is 17.3 Å². The van der Waals surface area contributed by atoms with Gasteiger partial charge in [-0.05, 0) is 32.7 Å². The van der Waals surface area contributed by atoms with Crippen LogP contribution in [0.2, 0.25) is 0 Å². The second-order valence-corrected chi connectivity index (χ2v) is 8.50. The fourth-order valence-corrected chi connectivity index (χ4v) is 4.80. The molecule has 168 valence electrons. The number of benzene rings is 2. The molecule has 4 N–H and O–H groups in total.